The van der Waals surface area contributed by atoms with Crippen LogP contribution < -0.4 is 10.1 Å². The summed E-state index contributed by atoms with van der Waals surface area (Å²) in [7, 11) is 1.63. The molecule has 3 rings (SSSR count). The van der Waals surface area contributed by atoms with E-state index in [0.717, 1.165) is 22.8 Å². The molecule has 0 spiro atoms. The Hall–Kier alpha value is -2.46. The highest BCUT2D eigenvalue weighted by Gasteiger charge is 2.08. The van der Waals surface area contributed by atoms with Crippen molar-refractivity contribution in [2.24, 2.45) is 0 Å². The highest BCUT2D eigenvalue weighted by Crippen LogP contribution is 2.28. The van der Waals surface area contributed by atoms with Crippen LogP contribution in [0.4, 0.5) is 11.7 Å². The van der Waals surface area contributed by atoms with E-state index in [1.807, 2.05) is 54.6 Å². The number of rotatable bonds is 4. The smallest absolute Gasteiger partial charge is 0.299 e. The Morgan fingerprint density at radius 3 is 2.48 bits per heavy atom. The van der Waals surface area contributed by atoms with Crippen molar-refractivity contribution in [1.82, 2.24) is 4.98 Å². The molecule has 5 heteroatoms. The third-order valence-electron chi connectivity index (χ3n) is 2.91. The van der Waals surface area contributed by atoms with Crippen LogP contribution in [0.25, 0.3) is 11.3 Å². The van der Waals surface area contributed by atoms with Crippen LogP contribution in [0.2, 0.25) is 0 Å². The van der Waals surface area contributed by atoms with Crippen molar-refractivity contribution in [2.75, 3.05) is 12.4 Å². The molecular formula is C16H15ClN2O2. The zero-order valence-electron chi connectivity index (χ0n) is 11.4. The summed E-state index contributed by atoms with van der Waals surface area (Å²) in [6, 6.07) is 17.9. The summed E-state index contributed by atoms with van der Waals surface area (Å²) >= 11 is 0. The number of nitrogens with one attached hydrogen (secondary N) is 1. The molecule has 1 aromatic heterocycles. The van der Waals surface area contributed by atoms with Crippen molar-refractivity contribution in [1.29, 1.82) is 0 Å². The quantitative estimate of drug-likeness (QED) is 0.770. The van der Waals surface area contributed by atoms with Gasteiger partial charge in [-0.15, -0.1) is 12.4 Å². The lowest BCUT2D eigenvalue weighted by molar-refractivity contribution is 0.416. The Balaban J connectivity index is 0.00000161. The van der Waals surface area contributed by atoms with Gasteiger partial charge in [0.15, 0.2) is 5.76 Å². The third kappa shape index (κ3) is 3.35. The van der Waals surface area contributed by atoms with E-state index in [0.29, 0.717) is 6.01 Å². The maximum Gasteiger partial charge on any atom is 0.299 e. The second-order valence-electron chi connectivity index (χ2n) is 4.22. The van der Waals surface area contributed by atoms with E-state index in [1.54, 1.807) is 13.3 Å². The van der Waals surface area contributed by atoms with Gasteiger partial charge in [-0.25, -0.2) is 4.98 Å². The minimum atomic E-state index is 0. The minimum Gasteiger partial charge on any atom is -0.495 e. The Morgan fingerprint density at radius 1 is 1.00 bits per heavy atom. The lowest BCUT2D eigenvalue weighted by atomic mass is 10.2. The highest BCUT2D eigenvalue weighted by atomic mass is 35.5. The molecule has 0 fully saturated rings. The van der Waals surface area contributed by atoms with Gasteiger partial charge < -0.3 is 14.5 Å². The third-order valence-corrected chi connectivity index (χ3v) is 2.91. The number of hydrogen-bond donors (Lipinski definition) is 1. The fraction of sp³-hybridized carbons (Fsp3) is 0.0625. The molecule has 108 valence electrons. The number of anilines is 2. The van der Waals surface area contributed by atoms with Crippen LogP contribution in [0.5, 0.6) is 5.75 Å². The van der Waals surface area contributed by atoms with Crippen LogP contribution in [0, 0.1) is 0 Å². The van der Waals surface area contributed by atoms with Crippen molar-refractivity contribution in [2.45, 2.75) is 0 Å². The van der Waals surface area contributed by atoms with Crippen molar-refractivity contribution >= 4 is 24.1 Å². The average Bonchev–Trinajstić information content (AvgIpc) is 2.97. The molecular weight excluding hydrogens is 288 g/mol. The molecule has 1 heterocycles. The van der Waals surface area contributed by atoms with Crippen LogP contribution in [0.3, 0.4) is 0 Å². The van der Waals surface area contributed by atoms with Gasteiger partial charge in [0, 0.05) is 5.56 Å². The normalized spacial score (nSPS) is 9.76. The van der Waals surface area contributed by atoms with Gasteiger partial charge in [0.1, 0.15) is 5.75 Å². The molecule has 0 unspecified atom stereocenters. The number of nitrogens with zero attached hydrogens (tertiary/aromatic N) is 1. The molecule has 0 saturated heterocycles. The molecule has 3 aromatic rings. The van der Waals surface area contributed by atoms with E-state index in [9.17, 15) is 0 Å². The van der Waals surface area contributed by atoms with Crippen molar-refractivity contribution in [3.8, 4) is 17.1 Å². The fourth-order valence-corrected chi connectivity index (χ4v) is 1.93. The van der Waals surface area contributed by atoms with E-state index in [4.69, 9.17) is 9.15 Å². The first-order valence-electron chi connectivity index (χ1n) is 6.28. The molecule has 0 saturated carbocycles. The maximum absolute atomic E-state index is 5.70. The van der Waals surface area contributed by atoms with Gasteiger partial charge in [-0.3, -0.25) is 0 Å². The lowest BCUT2D eigenvalue weighted by Crippen LogP contribution is -1.93. The van der Waals surface area contributed by atoms with Crippen LogP contribution in [-0.4, -0.2) is 12.1 Å². The Morgan fingerprint density at radius 2 is 1.71 bits per heavy atom. The number of hydrogen-bond acceptors (Lipinski definition) is 4. The zero-order valence-corrected chi connectivity index (χ0v) is 12.3. The lowest BCUT2D eigenvalue weighted by Gasteiger charge is -2.07. The minimum absolute atomic E-state index is 0. The standard InChI is InChI=1S/C16H14N2O2.ClH/c1-19-14-10-6-5-9-13(14)18-16-17-11-15(20-16)12-7-3-2-4-8-12;/h2-11H,1H3,(H,17,18);1H. The van der Waals surface area contributed by atoms with E-state index in [2.05, 4.69) is 10.3 Å². The molecule has 0 aliphatic rings. The number of ether oxygens (including phenoxy) is 1. The van der Waals surface area contributed by atoms with Gasteiger partial charge in [0.2, 0.25) is 0 Å². The van der Waals surface area contributed by atoms with Gasteiger partial charge in [-0.2, -0.15) is 0 Å². The molecule has 0 radical (unpaired) electrons. The zero-order chi connectivity index (χ0) is 13.8. The highest BCUT2D eigenvalue weighted by molar-refractivity contribution is 5.85. The first kappa shape index (κ1) is 14.9. The van der Waals surface area contributed by atoms with Crippen LogP contribution in [0.15, 0.2) is 65.2 Å². The molecule has 0 aliphatic carbocycles. The molecule has 21 heavy (non-hydrogen) atoms. The summed E-state index contributed by atoms with van der Waals surface area (Å²) in [4.78, 5) is 4.23. The fourth-order valence-electron chi connectivity index (χ4n) is 1.93. The number of methoxy groups -OCH3 is 1. The van der Waals surface area contributed by atoms with Crippen LogP contribution in [0.1, 0.15) is 0 Å². The second-order valence-corrected chi connectivity index (χ2v) is 4.22. The van der Waals surface area contributed by atoms with E-state index < -0.39 is 0 Å². The monoisotopic (exact) mass is 302 g/mol. The Labute approximate surface area is 129 Å². The molecule has 2 aromatic carbocycles. The Kier molecular flexibility index (Phi) is 4.85. The topological polar surface area (TPSA) is 47.3 Å². The first-order valence-corrected chi connectivity index (χ1v) is 6.28. The van der Waals surface area contributed by atoms with E-state index in [1.165, 1.54) is 0 Å². The summed E-state index contributed by atoms with van der Waals surface area (Å²) in [5, 5.41) is 3.11. The van der Waals surface area contributed by atoms with Gasteiger partial charge >= 0.3 is 0 Å². The second kappa shape index (κ2) is 6.81. The number of halogens is 1. The largest absolute Gasteiger partial charge is 0.495 e. The summed E-state index contributed by atoms with van der Waals surface area (Å²) in [5.74, 6) is 1.47. The molecule has 0 bridgehead atoms. The number of para-hydroxylation sites is 2. The summed E-state index contributed by atoms with van der Waals surface area (Å²) in [6.07, 6.45) is 1.70. The van der Waals surface area contributed by atoms with Crippen LogP contribution in [-0.2, 0) is 0 Å². The molecule has 0 atom stereocenters. The summed E-state index contributed by atoms with van der Waals surface area (Å²) in [6.45, 7) is 0. The number of aromatic nitrogens is 1. The molecule has 0 aliphatic heterocycles. The van der Waals surface area contributed by atoms with Crippen molar-refractivity contribution in [3.63, 3.8) is 0 Å². The molecule has 4 nitrogen and oxygen atoms in total. The van der Waals surface area contributed by atoms with E-state index in [-0.39, 0.29) is 12.4 Å². The van der Waals surface area contributed by atoms with Gasteiger partial charge in [-0.05, 0) is 12.1 Å². The van der Waals surface area contributed by atoms with E-state index >= 15 is 0 Å². The van der Waals surface area contributed by atoms with Gasteiger partial charge in [-0.1, -0.05) is 42.5 Å². The first-order chi connectivity index (χ1) is 9.86. The van der Waals surface area contributed by atoms with Gasteiger partial charge in [0.05, 0.1) is 19.0 Å². The summed E-state index contributed by atoms with van der Waals surface area (Å²) in [5.41, 5.74) is 1.81. The Bertz CT molecular complexity index is 698. The van der Waals surface area contributed by atoms with Crippen molar-refractivity contribution in [3.05, 3.63) is 60.8 Å². The predicted molar refractivity (Wildman–Crippen MR) is 85.5 cm³/mol. The predicted octanol–water partition coefficient (Wildman–Crippen LogP) is 4.52. The molecule has 0 amide bonds. The number of oxazole rings is 1. The van der Waals surface area contributed by atoms with Gasteiger partial charge in [0.25, 0.3) is 6.01 Å². The average molecular weight is 303 g/mol. The SMILES string of the molecule is COc1ccccc1Nc1ncc(-c2ccccc2)o1.Cl. The summed E-state index contributed by atoms with van der Waals surface area (Å²) < 4.78 is 11.0. The van der Waals surface area contributed by atoms with Crippen LogP contribution >= 0.6 is 12.4 Å². The maximum atomic E-state index is 5.70. The molecule has 1 N–H and O–H groups in total. The van der Waals surface area contributed by atoms with Crippen molar-refractivity contribution < 1.29 is 9.15 Å². The number of benzene rings is 2.